The predicted molar refractivity (Wildman–Crippen MR) is 242 cm³/mol. The van der Waals surface area contributed by atoms with E-state index in [9.17, 15) is 33.0 Å². The Hall–Kier alpha value is -5.87. The number of rotatable bonds is 21. The standard InChI is InChI=1S/C49H49Cl2F3N4O8/c1-47(2,45(59)60)65-28-37-22-43(32-13-8-17-39(20-32)63-27-31-10-6-11-31)58(55-37)26-36-16-7-15-34(44(36)51)24-48(3,46(61)62)66-29-38-23-42(57(56-38)25-35-12-4-5-19-41(35)50)33-14-9-18-40(21-33)64-30-49(52,53)54/h4-5,7-9,12-23,31H,6,10-11,24-30H2,1-3H3,(H,59,60)(H,61,62). The number of alkyl halides is 3. The van der Waals surface area contributed by atoms with Gasteiger partial charge >= 0.3 is 18.1 Å². The van der Waals surface area contributed by atoms with E-state index in [1.807, 2.05) is 48.5 Å². The average Bonchev–Trinajstić information content (AvgIpc) is 3.86. The van der Waals surface area contributed by atoms with Crippen molar-refractivity contribution in [2.45, 2.75) is 90.1 Å². The molecule has 0 bridgehead atoms. The number of hydrogen-bond acceptors (Lipinski definition) is 8. The van der Waals surface area contributed by atoms with Crippen molar-refractivity contribution in [3.8, 4) is 34.0 Å². The topological polar surface area (TPSA) is 147 Å². The zero-order valence-electron chi connectivity index (χ0n) is 36.5. The van der Waals surface area contributed by atoms with E-state index in [0.29, 0.717) is 67.8 Å². The summed E-state index contributed by atoms with van der Waals surface area (Å²) < 4.78 is 65.4. The first-order chi connectivity index (χ1) is 31.4. The molecule has 1 aliphatic carbocycles. The SMILES string of the molecule is CC(C)(OCc1cc(-c2cccc(OCC3CCC3)c2)n(Cc2cccc(CC(C)(OCc3cc(-c4cccc(OCC(F)(F)F)c4)n(Cc4ccccc4Cl)n3)C(=O)O)c2Cl)n1)C(=O)O. The van der Waals surface area contributed by atoms with Gasteiger partial charge in [0.15, 0.2) is 17.8 Å². The Labute approximate surface area is 389 Å². The molecule has 12 nitrogen and oxygen atoms in total. The van der Waals surface area contributed by atoms with Crippen LogP contribution >= 0.6 is 23.2 Å². The number of nitrogens with zero attached hydrogens (tertiary/aromatic N) is 4. The fraction of sp³-hybridized carbons (Fsp3) is 0.347. The Morgan fingerprint density at radius 3 is 1.80 bits per heavy atom. The highest BCUT2D eigenvalue weighted by molar-refractivity contribution is 6.32. The summed E-state index contributed by atoms with van der Waals surface area (Å²) in [6.45, 7) is 3.55. The van der Waals surface area contributed by atoms with Crippen LogP contribution in [0.3, 0.4) is 0 Å². The number of carboxylic acids is 2. The second kappa shape index (κ2) is 20.3. The maximum Gasteiger partial charge on any atom is 0.422 e. The van der Waals surface area contributed by atoms with Crippen LogP contribution in [0.5, 0.6) is 11.5 Å². The summed E-state index contributed by atoms with van der Waals surface area (Å²) in [5.41, 5.74) is 1.92. The molecule has 1 aliphatic rings. The van der Waals surface area contributed by atoms with Crippen LogP contribution in [-0.4, -0.2) is 72.3 Å². The summed E-state index contributed by atoms with van der Waals surface area (Å²) in [4.78, 5) is 24.8. The molecule has 17 heteroatoms. The number of hydrogen-bond donors (Lipinski definition) is 2. The molecule has 348 valence electrons. The maximum atomic E-state index is 13.0. The molecule has 66 heavy (non-hydrogen) atoms. The highest BCUT2D eigenvalue weighted by Crippen LogP contribution is 2.34. The van der Waals surface area contributed by atoms with Gasteiger partial charge in [0.1, 0.15) is 11.5 Å². The van der Waals surface area contributed by atoms with Crippen LogP contribution in [-0.2, 0) is 51.8 Å². The minimum atomic E-state index is -4.53. The van der Waals surface area contributed by atoms with Gasteiger partial charge in [-0.1, -0.05) is 90.3 Å². The highest BCUT2D eigenvalue weighted by Gasteiger charge is 2.36. The van der Waals surface area contributed by atoms with Gasteiger partial charge in [0.25, 0.3) is 0 Å². The molecule has 0 saturated heterocycles. The second-order valence-electron chi connectivity index (χ2n) is 17.0. The average molecular weight is 950 g/mol. The van der Waals surface area contributed by atoms with Crippen molar-refractivity contribution in [2.75, 3.05) is 13.2 Å². The van der Waals surface area contributed by atoms with Gasteiger partial charge < -0.3 is 29.2 Å². The van der Waals surface area contributed by atoms with Gasteiger partial charge in [-0.25, -0.2) is 9.59 Å². The first-order valence-electron chi connectivity index (χ1n) is 21.3. The van der Waals surface area contributed by atoms with E-state index in [-0.39, 0.29) is 38.5 Å². The van der Waals surface area contributed by atoms with Crippen LogP contribution in [0.25, 0.3) is 22.5 Å². The first kappa shape index (κ1) is 48.1. The highest BCUT2D eigenvalue weighted by atomic mass is 35.5. The number of carboxylic acid groups (broad SMARTS) is 2. The lowest BCUT2D eigenvalue weighted by molar-refractivity contribution is -0.165. The molecule has 7 rings (SSSR count). The van der Waals surface area contributed by atoms with E-state index in [2.05, 4.69) is 0 Å². The van der Waals surface area contributed by atoms with E-state index < -0.39 is 35.9 Å². The fourth-order valence-electron chi connectivity index (χ4n) is 7.26. The van der Waals surface area contributed by atoms with Crippen LogP contribution in [0.15, 0.2) is 103 Å². The fourth-order valence-corrected chi connectivity index (χ4v) is 7.71. The van der Waals surface area contributed by atoms with Gasteiger partial charge in [0.05, 0.1) is 55.7 Å². The number of benzene rings is 4. The predicted octanol–water partition coefficient (Wildman–Crippen LogP) is 10.9. The van der Waals surface area contributed by atoms with Crippen molar-refractivity contribution < 1.29 is 51.9 Å². The molecule has 2 aromatic heterocycles. The number of halogens is 5. The third-order valence-electron chi connectivity index (χ3n) is 11.4. The number of aliphatic carboxylic acids is 2. The molecule has 1 unspecified atom stereocenters. The molecule has 4 aromatic carbocycles. The molecule has 0 amide bonds. The Kier molecular flexibility index (Phi) is 14.8. The van der Waals surface area contributed by atoms with Crippen LogP contribution in [0.2, 0.25) is 10.0 Å². The lowest BCUT2D eigenvalue weighted by Crippen LogP contribution is -2.40. The molecule has 6 aromatic rings. The van der Waals surface area contributed by atoms with Crippen LogP contribution in [0, 0.1) is 5.92 Å². The number of ether oxygens (including phenoxy) is 4. The summed E-state index contributed by atoms with van der Waals surface area (Å²) in [6.07, 6.45) is -1.18. The third-order valence-corrected chi connectivity index (χ3v) is 12.3. The van der Waals surface area contributed by atoms with Gasteiger partial charge in [0.2, 0.25) is 0 Å². The van der Waals surface area contributed by atoms with Crippen LogP contribution in [0.4, 0.5) is 13.2 Å². The maximum absolute atomic E-state index is 13.0. The summed E-state index contributed by atoms with van der Waals surface area (Å²) in [5, 5.41) is 30.6. The van der Waals surface area contributed by atoms with Crippen molar-refractivity contribution in [2.24, 2.45) is 5.92 Å². The lowest BCUT2D eigenvalue weighted by atomic mass is 9.86. The Morgan fingerprint density at radius 1 is 0.697 bits per heavy atom. The minimum absolute atomic E-state index is 0.00181. The Bertz CT molecular complexity index is 2680. The summed E-state index contributed by atoms with van der Waals surface area (Å²) >= 11 is 13.6. The molecule has 0 aliphatic heterocycles. The van der Waals surface area contributed by atoms with E-state index in [1.165, 1.54) is 39.3 Å². The minimum Gasteiger partial charge on any atom is -0.493 e. The lowest BCUT2D eigenvalue weighted by Gasteiger charge is -2.26. The van der Waals surface area contributed by atoms with E-state index in [4.69, 9.17) is 52.3 Å². The van der Waals surface area contributed by atoms with E-state index in [0.717, 1.165) is 24.0 Å². The molecule has 1 saturated carbocycles. The van der Waals surface area contributed by atoms with Crippen molar-refractivity contribution in [3.05, 3.63) is 141 Å². The molecule has 0 spiro atoms. The Balaban J connectivity index is 1.13. The van der Waals surface area contributed by atoms with Gasteiger partial charge in [0, 0.05) is 27.6 Å². The molecule has 0 radical (unpaired) electrons. The van der Waals surface area contributed by atoms with Gasteiger partial charge in [-0.3, -0.25) is 9.36 Å². The van der Waals surface area contributed by atoms with E-state index in [1.54, 1.807) is 51.8 Å². The monoisotopic (exact) mass is 948 g/mol. The third kappa shape index (κ3) is 12.1. The summed E-state index contributed by atoms with van der Waals surface area (Å²) in [7, 11) is 0. The van der Waals surface area contributed by atoms with Crippen LogP contribution in [0.1, 0.15) is 68.1 Å². The van der Waals surface area contributed by atoms with Gasteiger partial charge in [-0.15, -0.1) is 0 Å². The zero-order valence-corrected chi connectivity index (χ0v) is 38.0. The van der Waals surface area contributed by atoms with Gasteiger partial charge in [-0.2, -0.15) is 23.4 Å². The zero-order chi connectivity index (χ0) is 47.2. The van der Waals surface area contributed by atoms with Crippen molar-refractivity contribution in [1.82, 2.24) is 19.6 Å². The van der Waals surface area contributed by atoms with Crippen molar-refractivity contribution in [3.63, 3.8) is 0 Å². The molecule has 1 fully saturated rings. The Morgan fingerprint density at radius 2 is 1.24 bits per heavy atom. The normalized spacial score (nSPS) is 14.1. The molecule has 2 N–H and O–H groups in total. The molecule has 2 heterocycles. The quantitative estimate of drug-likeness (QED) is 0.0714. The molecule has 1 atom stereocenters. The molecular formula is C49H49Cl2F3N4O8. The van der Waals surface area contributed by atoms with E-state index >= 15 is 0 Å². The number of aromatic nitrogens is 4. The largest absolute Gasteiger partial charge is 0.493 e. The number of carbonyl (C=O) groups is 2. The first-order valence-corrected chi connectivity index (χ1v) is 22.0. The van der Waals surface area contributed by atoms with Crippen LogP contribution < -0.4 is 9.47 Å². The molecular weight excluding hydrogens is 900 g/mol. The smallest absolute Gasteiger partial charge is 0.422 e. The summed E-state index contributed by atoms with van der Waals surface area (Å²) in [6, 6.07) is 29.8. The van der Waals surface area contributed by atoms with Crippen molar-refractivity contribution >= 4 is 35.1 Å². The van der Waals surface area contributed by atoms with Gasteiger partial charge in [-0.05, 0) is 98.7 Å². The van der Waals surface area contributed by atoms with Crippen molar-refractivity contribution in [1.29, 1.82) is 0 Å². The summed E-state index contributed by atoms with van der Waals surface area (Å²) in [5.74, 6) is -1.13. The second-order valence-corrected chi connectivity index (χ2v) is 17.8.